The number of ether oxygens (including phenoxy) is 2. The Bertz CT molecular complexity index is 540. The molecule has 0 aliphatic rings. The van der Waals surface area contributed by atoms with E-state index < -0.39 is 9.84 Å². The Morgan fingerprint density at radius 2 is 1.95 bits per heavy atom. The van der Waals surface area contributed by atoms with Gasteiger partial charge in [0, 0.05) is 12.7 Å². The predicted molar refractivity (Wildman–Crippen MR) is 76.8 cm³/mol. The predicted octanol–water partition coefficient (Wildman–Crippen LogP) is 0.796. The van der Waals surface area contributed by atoms with Crippen LogP contribution in [0.2, 0.25) is 0 Å². The minimum absolute atomic E-state index is 0.0920. The molecule has 1 atom stereocenters. The standard InChI is InChI=1S/C13H20N2O4S/c1-10(9-18-2)19-7-8-20(16,17)12-5-3-11(4-6-12)13(14)15/h3-6,10H,7-9H2,1-2H3,(H3,14,15). The van der Waals surface area contributed by atoms with Gasteiger partial charge in [-0.05, 0) is 19.1 Å². The van der Waals surface area contributed by atoms with Gasteiger partial charge in [-0.25, -0.2) is 8.42 Å². The van der Waals surface area contributed by atoms with Crippen molar-refractivity contribution in [3.8, 4) is 0 Å². The maximum Gasteiger partial charge on any atom is 0.180 e. The maximum atomic E-state index is 12.1. The first-order valence-corrected chi connectivity index (χ1v) is 7.80. The fourth-order valence-electron chi connectivity index (χ4n) is 1.60. The van der Waals surface area contributed by atoms with E-state index in [-0.39, 0.29) is 29.2 Å². The van der Waals surface area contributed by atoms with E-state index in [0.717, 1.165) is 0 Å². The second-order valence-corrected chi connectivity index (χ2v) is 6.50. The van der Waals surface area contributed by atoms with Crippen LogP contribution in [0.1, 0.15) is 12.5 Å². The van der Waals surface area contributed by atoms with Crippen molar-refractivity contribution in [2.45, 2.75) is 17.9 Å². The highest BCUT2D eigenvalue weighted by molar-refractivity contribution is 7.91. The summed E-state index contributed by atoms with van der Waals surface area (Å²) in [5.41, 5.74) is 5.81. The summed E-state index contributed by atoms with van der Waals surface area (Å²) < 4.78 is 34.4. The third kappa shape index (κ3) is 4.92. The van der Waals surface area contributed by atoms with Crippen LogP contribution in [0.25, 0.3) is 0 Å². The summed E-state index contributed by atoms with van der Waals surface area (Å²) in [6.07, 6.45) is -0.143. The Morgan fingerprint density at radius 3 is 2.45 bits per heavy atom. The van der Waals surface area contributed by atoms with Crippen LogP contribution in [0.15, 0.2) is 29.2 Å². The molecule has 112 valence electrons. The van der Waals surface area contributed by atoms with Gasteiger partial charge in [0.25, 0.3) is 0 Å². The normalized spacial score (nSPS) is 13.1. The van der Waals surface area contributed by atoms with Gasteiger partial charge in [-0.1, -0.05) is 12.1 Å². The molecular formula is C13H20N2O4S. The lowest BCUT2D eigenvalue weighted by molar-refractivity contribution is 0.0163. The summed E-state index contributed by atoms with van der Waals surface area (Å²) in [4.78, 5) is 0.200. The number of nitrogens with two attached hydrogens (primary N) is 1. The number of methoxy groups -OCH3 is 1. The number of nitrogens with one attached hydrogen (secondary N) is 1. The Kier molecular flexibility index (Phi) is 6.12. The highest BCUT2D eigenvalue weighted by Crippen LogP contribution is 2.12. The third-order valence-electron chi connectivity index (χ3n) is 2.68. The highest BCUT2D eigenvalue weighted by Gasteiger charge is 2.15. The first kappa shape index (κ1) is 16.6. The van der Waals surface area contributed by atoms with Crippen LogP contribution >= 0.6 is 0 Å². The number of rotatable bonds is 8. The smallest absolute Gasteiger partial charge is 0.180 e. The van der Waals surface area contributed by atoms with Crippen molar-refractivity contribution >= 4 is 15.7 Å². The molecule has 0 amide bonds. The first-order chi connectivity index (χ1) is 9.36. The Balaban J connectivity index is 2.62. The molecule has 0 aliphatic carbocycles. The van der Waals surface area contributed by atoms with E-state index in [2.05, 4.69) is 0 Å². The molecular weight excluding hydrogens is 280 g/mol. The maximum absolute atomic E-state index is 12.1. The van der Waals surface area contributed by atoms with Gasteiger partial charge in [0.05, 0.1) is 30.0 Å². The van der Waals surface area contributed by atoms with Gasteiger partial charge in [0.15, 0.2) is 9.84 Å². The summed E-state index contributed by atoms with van der Waals surface area (Å²) in [6.45, 7) is 2.35. The van der Waals surface area contributed by atoms with E-state index in [1.165, 1.54) is 24.3 Å². The van der Waals surface area contributed by atoms with Gasteiger partial charge in [-0.2, -0.15) is 0 Å². The minimum Gasteiger partial charge on any atom is -0.384 e. The van der Waals surface area contributed by atoms with Crippen LogP contribution < -0.4 is 5.73 Å². The molecule has 0 bridgehead atoms. The second-order valence-electron chi connectivity index (χ2n) is 4.39. The zero-order valence-corrected chi connectivity index (χ0v) is 12.4. The molecule has 0 saturated carbocycles. The van der Waals surface area contributed by atoms with Crippen LogP contribution in [0.4, 0.5) is 0 Å². The van der Waals surface area contributed by atoms with E-state index in [1.54, 1.807) is 7.11 Å². The highest BCUT2D eigenvalue weighted by atomic mass is 32.2. The van der Waals surface area contributed by atoms with Crippen LogP contribution in [-0.2, 0) is 19.3 Å². The van der Waals surface area contributed by atoms with Crippen LogP contribution in [0.5, 0.6) is 0 Å². The quantitative estimate of drug-likeness (QED) is 0.546. The van der Waals surface area contributed by atoms with E-state index in [4.69, 9.17) is 20.6 Å². The van der Waals surface area contributed by atoms with Gasteiger partial charge < -0.3 is 15.2 Å². The molecule has 0 spiro atoms. The molecule has 6 nitrogen and oxygen atoms in total. The first-order valence-electron chi connectivity index (χ1n) is 6.14. The van der Waals surface area contributed by atoms with Gasteiger partial charge in [0.1, 0.15) is 5.84 Å². The average molecular weight is 300 g/mol. The molecule has 0 aromatic heterocycles. The van der Waals surface area contributed by atoms with Crippen molar-refractivity contribution in [3.05, 3.63) is 29.8 Å². The molecule has 0 radical (unpaired) electrons. The van der Waals surface area contributed by atoms with Crippen LogP contribution in [0.3, 0.4) is 0 Å². The lowest BCUT2D eigenvalue weighted by Crippen LogP contribution is -2.20. The summed E-state index contributed by atoms with van der Waals surface area (Å²) in [7, 11) is -1.83. The lowest BCUT2D eigenvalue weighted by Gasteiger charge is -2.12. The fourth-order valence-corrected chi connectivity index (χ4v) is 2.70. The molecule has 7 heteroatoms. The third-order valence-corrected chi connectivity index (χ3v) is 4.37. The van der Waals surface area contributed by atoms with Crippen molar-refractivity contribution in [2.24, 2.45) is 5.73 Å². The number of sulfone groups is 1. The molecule has 1 aromatic rings. The van der Waals surface area contributed by atoms with E-state index in [9.17, 15) is 8.42 Å². The topological polar surface area (TPSA) is 102 Å². The van der Waals surface area contributed by atoms with Gasteiger partial charge in [-0.3, -0.25) is 5.41 Å². The molecule has 0 aliphatic heterocycles. The zero-order valence-electron chi connectivity index (χ0n) is 11.6. The van der Waals surface area contributed by atoms with Crippen LogP contribution in [0, 0.1) is 5.41 Å². The molecule has 0 heterocycles. The fraction of sp³-hybridized carbons (Fsp3) is 0.462. The van der Waals surface area contributed by atoms with Crippen molar-refractivity contribution in [3.63, 3.8) is 0 Å². The SMILES string of the molecule is COCC(C)OCCS(=O)(=O)c1ccc(C(=N)N)cc1. The zero-order chi connectivity index (χ0) is 15.2. The van der Waals surface area contributed by atoms with Gasteiger partial charge in [-0.15, -0.1) is 0 Å². The van der Waals surface area contributed by atoms with E-state index in [0.29, 0.717) is 12.2 Å². The Morgan fingerprint density at radius 1 is 1.35 bits per heavy atom. The number of benzene rings is 1. The largest absolute Gasteiger partial charge is 0.384 e. The molecule has 1 rings (SSSR count). The summed E-state index contributed by atoms with van der Waals surface area (Å²) in [5, 5.41) is 7.26. The van der Waals surface area contributed by atoms with Crippen molar-refractivity contribution in [1.82, 2.24) is 0 Å². The number of hydrogen-bond donors (Lipinski definition) is 2. The summed E-state index contributed by atoms with van der Waals surface area (Å²) in [6, 6.07) is 5.93. The molecule has 3 N–H and O–H groups in total. The Hall–Kier alpha value is -1.44. The number of nitrogen functional groups attached to an aromatic ring is 1. The molecule has 1 aromatic carbocycles. The van der Waals surface area contributed by atoms with Gasteiger partial charge in [0.2, 0.25) is 0 Å². The van der Waals surface area contributed by atoms with E-state index in [1.807, 2.05) is 6.92 Å². The van der Waals surface area contributed by atoms with Crippen molar-refractivity contribution in [1.29, 1.82) is 5.41 Å². The minimum atomic E-state index is -3.39. The van der Waals surface area contributed by atoms with Gasteiger partial charge >= 0.3 is 0 Å². The number of hydrogen-bond acceptors (Lipinski definition) is 5. The average Bonchev–Trinajstić information content (AvgIpc) is 2.39. The molecule has 20 heavy (non-hydrogen) atoms. The van der Waals surface area contributed by atoms with Crippen molar-refractivity contribution < 1.29 is 17.9 Å². The van der Waals surface area contributed by atoms with Crippen LogP contribution in [-0.4, -0.2) is 46.4 Å². The summed E-state index contributed by atoms with van der Waals surface area (Å²) >= 11 is 0. The molecule has 1 unspecified atom stereocenters. The van der Waals surface area contributed by atoms with E-state index >= 15 is 0 Å². The van der Waals surface area contributed by atoms with Crippen molar-refractivity contribution in [2.75, 3.05) is 26.1 Å². The number of amidine groups is 1. The monoisotopic (exact) mass is 300 g/mol. The summed E-state index contributed by atoms with van der Waals surface area (Å²) in [5.74, 6) is -0.189. The molecule has 0 saturated heterocycles. The molecule has 0 fully saturated rings. The lowest BCUT2D eigenvalue weighted by atomic mass is 10.2. The Labute approximate surface area is 119 Å². The second kappa shape index (κ2) is 7.37.